The molecule has 4 nitrogen and oxygen atoms in total. The number of aromatic nitrogens is 2. The Kier molecular flexibility index (Phi) is 4.96. The maximum Gasteiger partial charge on any atom is 0.138 e. The van der Waals surface area contributed by atoms with Crippen molar-refractivity contribution in [2.24, 2.45) is 5.92 Å². The van der Waals surface area contributed by atoms with E-state index in [0.717, 1.165) is 18.4 Å². The highest BCUT2D eigenvalue weighted by Gasteiger charge is 2.26. The van der Waals surface area contributed by atoms with Crippen LogP contribution in [0.4, 0.5) is 4.39 Å². The largest absolute Gasteiger partial charge is 0.496 e. The molecular formula is C18H23FN2O2. The molecule has 1 saturated carbocycles. The molecule has 5 heteroatoms. The van der Waals surface area contributed by atoms with E-state index < -0.39 is 6.10 Å². The van der Waals surface area contributed by atoms with Crippen LogP contribution in [-0.2, 0) is 6.54 Å². The lowest BCUT2D eigenvalue weighted by Gasteiger charge is -2.26. The Morgan fingerprint density at radius 3 is 2.87 bits per heavy atom. The molecule has 1 aliphatic carbocycles. The predicted molar refractivity (Wildman–Crippen MR) is 85.8 cm³/mol. The van der Waals surface area contributed by atoms with E-state index in [1.165, 1.54) is 31.4 Å². The van der Waals surface area contributed by atoms with Gasteiger partial charge in [0.15, 0.2) is 0 Å². The Morgan fingerprint density at radius 1 is 1.35 bits per heavy atom. The van der Waals surface area contributed by atoms with Crippen LogP contribution in [0.3, 0.4) is 0 Å². The van der Waals surface area contributed by atoms with Gasteiger partial charge in [0.05, 0.1) is 13.7 Å². The summed E-state index contributed by atoms with van der Waals surface area (Å²) in [5, 5.41) is 10.7. The van der Waals surface area contributed by atoms with E-state index in [1.54, 1.807) is 19.4 Å². The fourth-order valence-electron chi connectivity index (χ4n) is 3.44. The topological polar surface area (TPSA) is 47.3 Å². The van der Waals surface area contributed by atoms with E-state index in [0.29, 0.717) is 18.1 Å². The van der Waals surface area contributed by atoms with Crippen LogP contribution in [0, 0.1) is 11.7 Å². The Bertz CT molecular complexity index is 650. The van der Waals surface area contributed by atoms with Crippen molar-refractivity contribution in [3.8, 4) is 5.75 Å². The second-order valence-corrected chi connectivity index (χ2v) is 6.21. The third kappa shape index (κ3) is 3.55. The first-order valence-electron chi connectivity index (χ1n) is 8.20. The molecule has 0 aliphatic heterocycles. The van der Waals surface area contributed by atoms with Gasteiger partial charge in [-0.05, 0) is 37.0 Å². The zero-order valence-electron chi connectivity index (χ0n) is 13.4. The summed E-state index contributed by atoms with van der Waals surface area (Å²) in [4.78, 5) is 4.34. The van der Waals surface area contributed by atoms with E-state index in [9.17, 15) is 9.50 Å². The van der Waals surface area contributed by atoms with Crippen molar-refractivity contribution in [2.75, 3.05) is 7.11 Å². The van der Waals surface area contributed by atoms with Gasteiger partial charge in [-0.15, -0.1) is 0 Å². The molecule has 0 bridgehead atoms. The van der Waals surface area contributed by atoms with Crippen LogP contribution in [-0.4, -0.2) is 21.8 Å². The highest BCUT2D eigenvalue weighted by atomic mass is 19.1. The van der Waals surface area contributed by atoms with E-state index >= 15 is 0 Å². The van der Waals surface area contributed by atoms with Crippen LogP contribution in [0.1, 0.15) is 49.6 Å². The van der Waals surface area contributed by atoms with E-state index in [2.05, 4.69) is 4.98 Å². The zero-order chi connectivity index (χ0) is 16.2. The van der Waals surface area contributed by atoms with Gasteiger partial charge in [-0.1, -0.05) is 19.3 Å². The van der Waals surface area contributed by atoms with Gasteiger partial charge < -0.3 is 14.4 Å². The summed E-state index contributed by atoms with van der Waals surface area (Å²) in [6.45, 7) is 0.431. The lowest BCUT2D eigenvalue weighted by Crippen LogP contribution is -2.20. The van der Waals surface area contributed by atoms with Crippen molar-refractivity contribution in [3.63, 3.8) is 0 Å². The molecule has 0 spiro atoms. The van der Waals surface area contributed by atoms with Crippen LogP contribution in [0.5, 0.6) is 5.75 Å². The molecule has 3 rings (SSSR count). The number of halogens is 1. The van der Waals surface area contributed by atoms with Crippen molar-refractivity contribution < 1.29 is 14.2 Å². The second kappa shape index (κ2) is 7.13. The molecule has 0 radical (unpaired) electrons. The summed E-state index contributed by atoms with van der Waals surface area (Å²) >= 11 is 0. The molecule has 1 unspecified atom stereocenters. The Labute approximate surface area is 135 Å². The minimum Gasteiger partial charge on any atom is -0.496 e. The van der Waals surface area contributed by atoms with Gasteiger partial charge in [0.25, 0.3) is 0 Å². The predicted octanol–water partition coefficient (Wildman–Crippen LogP) is 3.69. The van der Waals surface area contributed by atoms with Crippen molar-refractivity contribution in [2.45, 2.75) is 44.8 Å². The molecule has 124 valence electrons. The first-order valence-corrected chi connectivity index (χ1v) is 8.20. The zero-order valence-corrected chi connectivity index (χ0v) is 13.4. The Morgan fingerprint density at radius 2 is 2.13 bits per heavy atom. The van der Waals surface area contributed by atoms with Gasteiger partial charge in [-0.2, -0.15) is 0 Å². The molecular weight excluding hydrogens is 295 g/mol. The van der Waals surface area contributed by atoms with Gasteiger partial charge in [0.2, 0.25) is 0 Å². The first-order chi connectivity index (χ1) is 11.2. The lowest BCUT2D eigenvalue weighted by atomic mass is 9.85. The molecule has 1 atom stereocenters. The molecule has 1 N–H and O–H groups in total. The first kappa shape index (κ1) is 16.0. The highest BCUT2D eigenvalue weighted by Crippen LogP contribution is 2.34. The maximum atomic E-state index is 13.5. The Balaban J connectivity index is 1.82. The number of benzene rings is 1. The third-order valence-electron chi connectivity index (χ3n) is 4.69. The molecule has 1 heterocycles. The standard InChI is InChI=1S/C18H23FN2O2/c1-23-16-8-7-15(19)11-14(16)12-21-10-9-20-18(21)17(22)13-5-3-2-4-6-13/h7-11,13,17,22H,2-6,12H2,1H3. The third-order valence-corrected chi connectivity index (χ3v) is 4.69. The summed E-state index contributed by atoms with van der Waals surface area (Å²) in [7, 11) is 1.57. The average molecular weight is 318 g/mol. The highest BCUT2D eigenvalue weighted by molar-refractivity contribution is 5.34. The summed E-state index contributed by atoms with van der Waals surface area (Å²) in [5.74, 6) is 1.26. The maximum absolute atomic E-state index is 13.5. The average Bonchev–Trinajstić information content (AvgIpc) is 3.03. The van der Waals surface area contributed by atoms with Crippen LogP contribution in [0.25, 0.3) is 0 Å². The summed E-state index contributed by atoms with van der Waals surface area (Å²) in [6, 6.07) is 4.47. The SMILES string of the molecule is COc1ccc(F)cc1Cn1ccnc1C(O)C1CCCCC1. The molecule has 1 fully saturated rings. The van der Waals surface area contributed by atoms with Gasteiger partial charge in [0, 0.05) is 18.0 Å². The molecule has 1 aliphatic rings. The molecule has 2 aromatic rings. The number of aliphatic hydroxyl groups is 1. The van der Waals surface area contributed by atoms with E-state index in [-0.39, 0.29) is 11.7 Å². The Hall–Kier alpha value is -1.88. The molecule has 23 heavy (non-hydrogen) atoms. The van der Waals surface area contributed by atoms with Crippen molar-refractivity contribution in [3.05, 3.63) is 47.8 Å². The fraction of sp³-hybridized carbons (Fsp3) is 0.500. The minimum atomic E-state index is -0.565. The van der Waals surface area contributed by atoms with Crippen molar-refractivity contribution in [1.82, 2.24) is 9.55 Å². The van der Waals surface area contributed by atoms with Crippen LogP contribution < -0.4 is 4.74 Å². The summed E-state index contributed by atoms with van der Waals surface area (Å²) < 4.78 is 20.7. The molecule has 0 saturated heterocycles. The van der Waals surface area contributed by atoms with Crippen molar-refractivity contribution >= 4 is 0 Å². The monoisotopic (exact) mass is 318 g/mol. The smallest absolute Gasteiger partial charge is 0.138 e. The van der Waals surface area contributed by atoms with Crippen LogP contribution in [0.15, 0.2) is 30.6 Å². The van der Waals surface area contributed by atoms with Crippen molar-refractivity contribution in [1.29, 1.82) is 0 Å². The minimum absolute atomic E-state index is 0.263. The van der Waals surface area contributed by atoms with E-state index in [4.69, 9.17) is 4.74 Å². The van der Waals surface area contributed by atoms with E-state index in [1.807, 2.05) is 10.8 Å². The number of rotatable bonds is 5. The molecule has 1 aromatic carbocycles. The number of methoxy groups -OCH3 is 1. The number of ether oxygens (including phenoxy) is 1. The quantitative estimate of drug-likeness (QED) is 0.914. The molecule has 1 aromatic heterocycles. The van der Waals surface area contributed by atoms with Gasteiger partial charge in [0.1, 0.15) is 23.5 Å². The molecule has 0 amide bonds. The summed E-state index contributed by atoms with van der Waals surface area (Å²) in [6.07, 6.45) is 8.61. The fourth-order valence-corrected chi connectivity index (χ4v) is 3.44. The number of nitrogens with zero attached hydrogens (tertiary/aromatic N) is 2. The number of hydrogen-bond donors (Lipinski definition) is 1. The number of aliphatic hydroxyl groups excluding tert-OH is 1. The van der Waals surface area contributed by atoms with Crippen LogP contribution in [0.2, 0.25) is 0 Å². The van der Waals surface area contributed by atoms with Gasteiger partial charge in [-0.25, -0.2) is 9.37 Å². The summed E-state index contributed by atoms with van der Waals surface area (Å²) in [5.41, 5.74) is 0.739. The number of imidazole rings is 1. The lowest BCUT2D eigenvalue weighted by molar-refractivity contribution is 0.0743. The second-order valence-electron chi connectivity index (χ2n) is 6.21. The van der Waals surface area contributed by atoms with Crippen LogP contribution >= 0.6 is 0 Å². The number of hydrogen-bond acceptors (Lipinski definition) is 3. The van der Waals surface area contributed by atoms with Gasteiger partial charge in [-0.3, -0.25) is 0 Å². The van der Waals surface area contributed by atoms with Gasteiger partial charge >= 0.3 is 0 Å². The normalized spacial score (nSPS) is 17.2.